The first-order chi connectivity index (χ1) is 16.5. The molecule has 0 radical (unpaired) electrons. The second-order valence-electron chi connectivity index (χ2n) is 9.29. The third kappa shape index (κ3) is 3.37. The third-order valence-corrected chi connectivity index (χ3v) is 7.09. The minimum Gasteiger partial charge on any atom is -0.332 e. The molecule has 2 aliphatic heterocycles. The molecule has 34 heavy (non-hydrogen) atoms. The predicted molar refractivity (Wildman–Crippen MR) is 123 cm³/mol. The van der Waals surface area contributed by atoms with Crippen molar-refractivity contribution in [1.29, 1.82) is 0 Å². The molecule has 2 fully saturated rings. The Morgan fingerprint density at radius 2 is 1.62 bits per heavy atom. The Kier molecular flexibility index (Phi) is 4.76. The SMILES string of the molecule is Cc1ccc(-c2ncccn2)c(C(=O)N2C[C@@H]3CC3C[C@H]2CN2C(=O)c3ccccc3C2=O)n1. The summed E-state index contributed by atoms with van der Waals surface area (Å²) in [5, 5.41) is 0. The van der Waals surface area contributed by atoms with Gasteiger partial charge in [0.1, 0.15) is 5.69 Å². The van der Waals surface area contributed by atoms with Crippen LogP contribution in [0.3, 0.4) is 0 Å². The summed E-state index contributed by atoms with van der Waals surface area (Å²) in [4.78, 5) is 56.2. The van der Waals surface area contributed by atoms with Gasteiger partial charge in [-0.05, 0) is 61.9 Å². The molecule has 4 heterocycles. The molecule has 3 aliphatic rings. The molecule has 8 nitrogen and oxygen atoms in total. The summed E-state index contributed by atoms with van der Waals surface area (Å²) in [7, 11) is 0. The van der Waals surface area contributed by atoms with E-state index in [0.29, 0.717) is 46.6 Å². The average molecular weight is 454 g/mol. The van der Waals surface area contributed by atoms with Crippen LogP contribution >= 0.6 is 0 Å². The number of hydrogen-bond acceptors (Lipinski definition) is 6. The largest absolute Gasteiger partial charge is 0.332 e. The first-order valence-electron chi connectivity index (χ1n) is 11.5. The van der Waals surface area contributed by atoms with Crippen LogP contribution in [0.25, 0.3) is 11.4 Å². The van der Waals surface area contributed by atoms with Crippen molar-refractivity contribution in [2.45, 2.75) is 25.8 Å². The molecule has 3 aromatic rings. The minimum absolute atomic E-state index is 0.185. The molecular weight excluding hydrogens is 430 g/mol. The van der Waals surface area contributed by atoms with E-state index < -0.39 is 0 Å². The normalized spacial score (nSPS) is 23.0. The van der Waals surface area contributed by atoms with Crippen molar-refractivity contribution in [2.24, 2.45) is 11.8 Å². The zero-order valence-electron chi connectivity index (χ0n) is 18.7. The zero-order valence-corrected chi connectivity index (χ0v) is 18.7. The van der Waals surface area contributed by atoms with E-state index in [-0.39, 0.29) is 30.3 Å². The van der Waals surface area contributed by atoms with Gasteiger partial charge < -0.3 is 4.90 Å². The fourth-order valence-electron chi connectivity index (χ4n) is 5.21. The fourth-order valence-corrected chi connectivity index (χ4v) is 5.21. The molecule has 8 heteroatoms. The van der Waals surface area contributed by atoms with E-state index in [2.05, 4.69) is 15.0 Å². The summed E-state index contributed by atoms with van der Waals surface area (Å²) in [6.45, 7) is 2.63. The molecule has 6 rings (SSSR count). The van der Waals surface area contributed by atoms with Crippen LogP contribution in [-0.2, 0) is 0 Å². The number of benzene rings is 1. The maximum absolute atomic E-state index is 13.9. The van der Waals surface area contributed by atoms with Gasteiger partial charge in [0.25, 0.3) is 17.7 Å². The van der Waals surface area contributed by atoms with Crippen molar-refractivity contribution in [2.75, 3.05) is 13.1 Å². The lowest BCUT2D eigenvalue weighted by atomic mass is 9.99. The van der Waals surface area contributed by atoms with Crippen LogP contribution in [0.5, 0.6) is 0 Å². The van der Waals surface area contributed by atoms with Gasteiger partial charge in [0, 0.05) is 31.2 Å². The van der Waals surface area contributed by atoms with E-state index in [1.54, 1.807) is 42.7 Å². The highest BCUT2D eigenvalue weighted by Crippen LogP contribution is 2.47. The van der Waals surface area contributed by atoms with Crippen LogP contribution in [0.1, 0.15) is 49.7 Å². The summed E-state index contributed by atoms with van der Waals surface area (Å²) in [6, 6.07) is 12.0. The summed E-state index contributed by atoms with van der Waals surface area (Å²) in [6.07, 6.45) is 5.11. The molecule has 1 aromatic carbocycles. The highest BCUT2D eigenvalue weighted by Gasteiger charge is 2.49. The minimum atomic E-state index is -0.294. The quantitative estimate of drug-likeness (QED) is 0.564. The van der Waals surface area contributed by atoms with Gasteiger partial charge in [0.05, 0.1) is 22.7 Å². The highest BCUT2D eigenvalue weighted by atomic mass is 16.2. The molecule has 0 bridgehead atoms. The number of piperidine rings is 1. The molecule has 3 amide bonds. The Morgan fingerprint density at radius 1 is 0.912 bits per heavy atom. The Bertz CT molecular complexity index is 1290. The van der Waals surface area contributed by atoms with Crippen LogP contribution < -0.4 is 0 Å². The second kappa shape index (κ2) is 7.83. The molecule has 3 atom stereocenters. The molecule has 2 aromatic heterocycles. The van der Waals surface area contributed by atoms with E-state index in [9.17, 15) is 14.4 Å². The van der Waals surface area contributed by atoms with Crippen molar-refractivity contribution in [1.82, 2.24) is 24.8 Å². The number of carbonyl (C=O) groups excluding carboxylic acids is 3. The van der Waals surface area contributed by atoms with Gasteiger partial charge in [-0.2, -0.15) is 0 Å². The molecule has 1 unspecified atom stereocenters. The fraction of sp³-hybridized carbons (Fsp3) is 0.308. The number of carbonyl (C=O) groups is 3. The summed E-state index contributed by atoms with van der Waals surface area (Å²) in [5.41, 5.74) is 2.45. The number of fused-ring (bicyclic) bond motifs is 2. The number of hydrogen-bond donors (Lipinski definition) is 0. The maximum Gasteiger partial charge on any atom is 0.273 e. The monoisotopic (exact) mass is 453 g/mol. The van der Waals surface area contributed by atoms with E-state index in [4.69, 9.17) is 0 Å². The highest BCUT2D eigenvalue weighted by molar-refractivity contribution is 6.21. The Morgan fingerprint density at radius 3 is 2.32 bits per heavy atom. The molecule has 170 valence electrons. The van der Waals surface area contributed by atoms with Crippen LogP contribution in [0, 0.1) is 18.8 Å². The Balaban J connectivity index is 1.33. The first-order valence-corrected chi connectivity index (χ1v) is 11.5. The van der Waals surface area contributed by atoms with E-state index in [0.717, 1.165) is 18.5 Å². The van der Waals surface area contributed by atoms with Gasteiger partial charge in [-0.3, -0.25) is 19.3 Å². The number of nitrogens with zero attached hydrogens (tertiary/aromatic N) is 5. The van der Waals surface area contributed by atoms with Crippen LogP contribution in [-0.4, -0.2) is 61.6 Å². The number of aryl methyl sites for hydroxylation is 1. The topological polar surface area (TPSA) is 96.4 Å². The zero-order chi connectivity index (χ0) is 23.4. The molecule has 1 saturated heterocycles. The van der Waals surface area contributed by atoms with Gasteiger partial charge in [0.2, 0.25) is 0 Å². The van der Waals surface area contributed by atoms with Gasteiger partial charge >= 0.3 is 0 Å². The molecule has 0 spiro atoms. The molecular formula is C26H23N5O3. The number of imide groups is 1. The van der Waals surface area contributed by atoms with E-state index >= 15 is 0 Å². The van der Waals surface area contributed by atoms with Gasteiger partial charge in [-0.25, -0.2) is 15.0 Å². The van der Waals surface area contributed by atoms with Crippen LogP contribution in [0.15, 0.2) is 54.9 Å². The van der Waals surface area contributed by atoms with Crippen molar-refractivity contribution >= 4 is 17.7 Å². The van der Waals surface area contributed by atoms with Gasteiger partial charge in [-0.1, -0.05) is 12.1 Å². The van der Waals surface area contributed by atoms with Gasteiger partial charge in [-0.15, -0.1) is 0 Å². The first kappa shape index (κ1) is 20.7. The summed E-state index contributed by atoms with van der Waals surface area (Å²) < 4.78 is 0. The number of aromatic nitrogens is 3. The standard InChI is InChI=1S/C26H23N5O3/c1-15-7-8-21(23-27-9-4-10-28-23)22(29-15)26(34)30-13-17-11-16(17)12-18(30)14-31-24(32)19-5-2-3-6-20(19)25(31)33/h2-10,16-18H,11-14H2,1H3/t16?,17-,18-/m0/s1. The Labute approximate surface area is 196 Å². The number of rotatable bonds is 4. The summed E-state index contributed by atoms with van der Waals surface area (Å²) in [5.74, 6) is 0.640. The predicted octanol–water partition coefficient (Wildman–Crippen LogP) is 2.99. The second-order valence-corrected chi connectivity index (χ2v) is 9.29. The van der Waals surface area contributed by atoms with Crippen molar-refractivity contribution in [3.63, 3.8) is 0 Å². The molecule has 1 saturated carbocycles. The van der Waals surface area contributed by atoms with Gasteiger partial charge in [0.15, 0.2) is 5.82 Å². The summed E-state index contributed by atoms with van der Waals surface area (Å²) >= 11 is 0. The molecule has 0 N–H and O–H groups in total. The lowest BCUT2D eigenvalue weighted by molar-refractivity contribution is 0.0450. The lowest BCUT2D eigenvalue weighted by Crippen LogP contribution is -2.51. The van der Waals surface area contributed by atoms with Crippen molar-refractivity contribution in [3.05, 3.63) is 77.4 Å². The number of amides is 3. The number of pyridine rings is 1. The Hall–Kier alpha value is -3.94. The van der Waals surface area contributed by atoms with E-state index in [1.165, 1.54) is 4.90 Å². The molecule has 1 aliphatic carbocycles. The van der Waals surface area contributed by atoms with E-state index in [1.807, 2.05) is 24.0 Å². The average Bonchev–Trinajstić information content (AvgIpc) is 3.59. The van der Waals surface area contributed by atoms with Crippen LogP contribution in [0.4, 0.5) is 0 Å². The van der Waals surface area contributed by atoms with Crippen molar-refractivity contribution < 1.29 is 14.4 Å². The smallest absolute Gasteiger partial charge is 0.273 e. The van der Waals surface area contributed by atoms with Crippen LogP contribution in [0.2, 0.25) is 0 Å². The van der Waals surface area contributed by atoms with Crippen molar-refractivity contribution in [3.8, 4) is 11.4 Å². The third-order valence-electron chi connectivity index (χ3n) is 7.09. The number of likely N-dealkylation sites (tertiary alicyclic amines) is 1. The lowest BCUT2D eigenvalue weighted by Gasteiger charge is -2.37. The maximum atomic E-state index is 13.9.